The molecule has 0 aromatic heterocycles. The molecule has 0 aliphatic carbocycles. The molecule has 23 heavy (non-hydrogen) atoms. The Morgan fingerprint density at radius 1 is 1.13 bits per heavy atom. The van der Waals surface area contributed by atoms with Gasteiger partial charge in [-0.2, -0.15) is 0 Å². The first-order valence-electron chi connectivity index (χ1n) is 7.63. The van der Waals surface area contributed by atoms with E-state index in [1.54, 1.807) is 18.9 Å². The summed E-state index contributed by atoms with van der Waals surface area (Å²) in [5, 5.41) is 10.9. The van der Waals surface area contributed by atoms with Crippen molar-refractivity contribution in [2.75, 3.05) is 27.2 Å². The molecular weight excluding hydrogens is 330 g/mol. The maximum Gasteiger partial charge on any atom is 0.178 e. The summed E-state index contributed by atoms with van der Waals surface area (Å²) >= 11 is 8.06. The second-order valence-corrected chi connectivity index (χ2v) is 7.16. The van der Waals surface area contributed by atoms with Crippen molar-refractivity contribution in [2.24, 2.45) is 0 Å². The smallest absolute Gasteiger partial charge is 0.178 e. The Hall–Kier alpha value is -1.36. The first-order chi connectivity index (χ1) is 11.1. The highest BCUT2D eigenvalue weighted by molar-refractivity contribution is 7.99. The second kappa shape index (κ2) is 7.04. The van der Waals surface area contributed by atoms with E-state index < -0.39 is 0 Å². The van der Waals surface area contributed by atoms with Gasteiger partial charge in [-0.3, -0.25) is 0 Å². The van der Waals surface area contributed by atoms with Crippen LogP contribution in [-0.4, -0.2) is 37.3 Å². The Morgan fingerprint density at radius 3 is 2.43 bits per heavy atom. The van der Waals surface area contributed by atoms with Gasteiger partial charge in [-0.15, -0.1) is 0 Å². The van der Waals surface area contributed by atoms with E-state index in [-0.39, 0.29) is 5.75 Å². The lowest BCUT2D eigenvalue weighted by Gasteiger charge is -2.19. The van der Waals surface area contributed by atoms with Crippen LogP contribution in [0.4, 0.5) is 0 Å². The molecule has 0 atom stereocenters. The number of phenolic OH excluding ortho intramolecular Hbond substituents is 1. The number of benzene rings is 2. The van der Waals surface area contributed by atoms with Crippen molar-refractivity contribution in [3.63, 3.8) is 0 Å². The summed E-state index contributed by atoms with van der Waals surface area (Å²) in [6, 6.07) is 10.1. The van der Waals surface area contributed by atoms with Crippen molar-refractivity contribution in [1.82, 2.24) is 4.90 Å². The lowest BCUT2D eigenvalue weighted by atomic mass is 10.0. The van der Waals surface area contributed by atoms with Crippen LogP contribution in [0.5, 0.6) is 11.5 Å². The lowest BCUT2D eigenvalue weighted by molar-refractivity contribution is 0.351. The average molecular weight is 350 g/mol. The molecule has 0 saturated heterocycles. The first-order valence-corrected chi connectivity index (χ1v) is 8.83. The van der Waals surface area contributed by atoms with E-state index in [9.17, 15) is 5.11 Å². The third kappa shape index (κ3) is 3.30. The molecule has 1 N–H and O–H groups in total. The Bertz CT molecular complexity index is 706. The average Bonchev–Trinajstić information content (AvgIpc) is 2.76. The SMILES string of the molecule is COc1c(O)c(Cl)c2c(c1Sc1ccccc1)CCN(C)CC2. The van der Waals surface area contributed by atoms with Gasteiger partial charge in [-0.05, 0) is 43.1 Å². The summed E-state index contributed by atoms with van der Waals surface area (Å²) in [5.41, 5.74) is 2.25. The van der Waals surface area contributed by atoms with Crippen LogP contribution in [0.2, 0.25) is 5.02 Å². The molecule has 1 aliphatic rings. The zero-order chi connectivity index (χ0) is 16.4. The van der Waals surface area contributed by atoms with Crippen LogP contribution < -0.4 is 4.74 Å². The molecule has 0 amide bonds. The fourth-order valence-corrected chi connectivity index (χ4v) is 4.35. The van der Waals surface area contributed by atoms with Crippen molar-refractivity contribution in [3.05, 3.63) is 46.5 Å². The summed E-state index contributed by atoms with van der Waals surface area (Å²) in [7, 11) is 3.69. The molecule has 0 spiro atoms. The molecule has 0 radical (unpaired) electrons. The molecule has 1 aliphatic heterocycles. The van der Waals surface area contributed by atoms with Crippen molar-refractivity contribution >= 4 is 23.4 Å². The standard InChI is InChI=1S/C18H20ClNO2S/c1-20-10-8-13-14(9-11-20)18(17(22-2)16(21)15(13)19)23-12-6-4-3-5-7-12/h3-7,21H,8-11H2,1-2H3. The minimum Gasteiger partial charge on any atom is -0.503 e. The van der Waals surface area contributed by atoms with E-state index in [1.165, 1.54) is 5.56 Å². The normalized spacial score (nSPS) is 15.1. The number of aromatic hydroxyl groups is 1. The Labute approximate surface area is 146 Å². The van der Waals surface area contributed by atoms with Crippen molar-refractivity contribution in [1.29, 1.82) is 0 Å². The number of nitrogens with zero attached hydrogens (tertiary/aromatic N) is 1. The molecule has 0 saturated carbocycles. The van der Waals surface area contributed by atoms with Crippen LogP contribution in [0.15, 0.2) is 40.1 Å². The summed E-state index contributed by atoms with van der Waals surface area (Å²) in [6.45, 7) is 1.91. The predicted octanol–water partition coefficient (Wildman–Crippen LogP) is 4.24. The third-order valence-electron chi connectivity index (χ3n) is 4.19. The third-order valence-corrected chi connectivity index (χ3v) is 5.74. The summed E-state index contributed by atoms with van der Waals surface area (Å²) < 4.78 is 5.49. The lowest BCUT2D eigenvalue weighted by Crippen LogP contribution is -2.20. The Morgan fingerprint density at radius 2 is 1.78 bits per heavy atom. The zero-order valence-electron chi connectivity index (χ0n) is 13.3. The van der Waals surface area contributed by atoms with E-state index in [2.05, 4.69) is 24.1 Å². The van der Waals surface area contributed by atoms with E-state index in [1.807, 2.05) is 18.2 Å². The molecule has 2 aromatic rings. The minimum atomic E-state index is 0.0518. The molecule has 3 rings (SSSR count). The molecule has 3 nitrogen and oxygen atoms in total. The van der Waals surface area contributed by atoms with Crippen LogP contribution in [0.3, 0.4) is 0 Å². The topological polar surface area (TPSA) is 32.7 Å². The molecule has 0 unspecified atom stereocenters. The van der Waals surface area contributed by atoms with E-state index in [0.717, 1.165) is 41.3 Å². The molecule has 0 fully saturated rings. The number of halogens is 1. The van der Waals surface area contributed by atoms with Crippen molar-refractivity contribution in [2.45, 2.75) is 22.6 Å². The maximum absolute atomic E-state index is 10.5. The number of likely N-dealkylation sites (N-methyl/N-ethyl adjacent to an activating group) is 1. The van der Waals surface area contributed by atoms with Crippen molar-refractivity contribution in [3.8, 4) is 11.5 Å². The van der Waals surface area contributed by atoms with Gasteiger partial charge in [0, 0.05) is 18.0 Å². The van der Waals surface area contributed by atoms with Gasteiger partial charge in [0.05, 0.1) is 17.0 Å². The van der Waals surface area contributed by atoms with Gasteiger partial charge in [0.25, 0.3) is 0 Å². The van der Waals surface area contributed by atoms with Crippen LogP contribution in [0.1, 0.15) is 11.1 Å². The fourth-order valence-electron chi connectivity index (χ4n) is 2.90. The molecule has 5 heteroatoms. The summed E-state index contributed by atoms with van der Waals surface area (Å²) in [4.78, 5) is 4.38. The number of hydrogen-bond acceptors (Lipinski definition) is 4. The fraction of sp³-hybridized carbons (Fsp3) is 0.333. The van der Waals surface area contributed by atoms with Crippen LogP contribution in [-0.2, 0) is 12.8 Å². The predicted molar refractivity (Wildman–Crippen MR) is 95.1 cm³/mol. The monoisotopic (exact) mass is 349 g/mol. The van der Waals surface area contributed by atoms with Gasteiger partial charge in [0.2, 0.25) is 0 Å². The van der Waals surface area contributed by atoms with E-state index >= 15 is 0 Å². The van der Waals surface area contributed by atoms with Crippen molar-refractivity contribution < 1.29 is 9.84 Å². The number of ether oxygens (including phenoxy) is 1. The molecule has 122 valence electrons. The van der Waals surface area contributed by atoms with Gasteiger partial charge in [0.1, 0.15) is 0 Å². The number of hydrogen-bond donors (Lipinski definition) is 1. The zero-order valence-corrected chi connectivity index (χ0v) is 14.9. The highest BCUT2D eigenvalue weighted by atomic mass is 35.5. The van der Waals surface area contributed by atoms with Gasteiger partial charge in [-0.1, -0.05) is 41.6 Å². The molecule has 0 bridgehead atoms. The first kappa shape index (κ1) is 16.5. The Balaban J connectivity index is 2.14. The largest absolute Gasteiger partial charge is 0.503 e. The van der Waals surface area contributed by atoms with E-state index in [0.29, 0.717) is 10.8 Å². The van der Waals surface area contributed by atoms with Crippen LogP contribution in [0, 0.1) is 0 Å². The van der Waals surface area contributed by atoms with Gasteiger partial charge in [-0.25, -0.2) is 0 Å². The quantitative estimate of drug-likeness (QED) is 0.898. The van der Waals surface area contributed by atoms with Crippen LogP contribution in [0.25, 0.3) is 0 Å². The number of methoxy groups -OCH3 is 1. The number of rotatable bonds is 3. The van der Waals surface area contributed by atoms with Gasteiger partial charge in [0.15, 0.2) is 11.5 Å². The summed E-state index contributed by atoms with van der Waals surface area (Å²) in [6.07, 6.45) is 1.74. The highest BCUT2D eigenvalue weighted by Gasteiger charge is 2.26. The van der Waals surface area contributed by atoms with Gasteiger partial charge < -0.3 is 14.7 Å². The second-order valence-electron chi connectivity index (χ2n) is 5.70. The minimum absolute atomic E-state index is 0.0518. The maximum atomic E-state index is 10.5. The highest BCUT2D eigenvalue weighted by Crippen LogP contribution is 2.49. The van der Waals surface area contributed by atoms with Crippen LogP contribution >= 0.6 is 23.4 Å². The molecule has 1 heterocycles. The number of fused-ring (bicyclic) bond motifs is 1. The summed E-state index contributed by atoms with van der Waals surface area (Å²) in [5.74, 6) is 0.531. The molecule has 2 aromatic carbocycles. The molecular formula is C18H20ClNO2S. The van der Waals surface area contributed by atoms with E-state index in [4.69, 9.17) is 16.3 Å². The number of phenols is 1. The Kier molecular flexibility index (Phi) is 5.05. The van der Waals surface area contributed by atoms with Gasteiger partial charge >= 0.3 is 0 Å².